The predicted molar refractivity (Wildman–Crippen MR) is 200 cm³/mol. The Kier molecular flexibility index (Phi) is 5.91. The maximum Gasteiger partial charge on any atom is 0.143 e. The second-order valence-corrected chi connectivity index (χ2v) is 12.4. The summed E-state index contributed by atoms with van der Waals surface area (Å²) >= 11 is 0. The van der Waals surface area contributed by atoms with Crippen molar-refractivity contribution in [3.63, 3.8) is 0 Å². The van der Waals surface area contributed by atoms with Gasteiger partial charge in [-0.2, -0.15) is 0 Å². The molecule has 2 heteroatoms. The molecule has 8 aromatic carbocycles. The molecule has 10 rings (SSSR count). The molecule has 0 saturated heterocycles. The van der Waals surface area contributed by atoms with E-state index in [0.717, 1.165) is 76.9 Å². The molecule has 2 nitrogen and oxygen atoms in total. The zero-order valence-corrected chi connectivity index (χ0v) is 26.0. The van der Waals surface area contributed by atoms with Crippen LogP contribution in [0.4, 0.5) is 0 Å². The lowest BCUT2D eigenvalue weighted by atomic mass is 9.89. The minimum absolute atomic E-state index is 0.878. The van der Waals surface area contributed by atoms with Crippen LogP contribution < -0.4 is 0 Å². The van der Waals surface area contributed by atoms with Crippen molar-refractivity contribution < 1.29 is 8.83 Å². The molecule has 0 bridgehead atoms. The molecule has 10 aromatic rings. The number of fused-ring (bicyclic) bond motifs is 8. The van der Waals surface area contributed by atoms with Crippen molar-refractivity contribution in [2.75, 3.05) is 0 Å². The van der Waals surface area contributed by atoms with E-state index in [9.17, 15) is 0 Å². The highest BCUT2D eigenvalue weighted by atomic mass is 16.3. The Bertz CT molecular complexity index is 2760. The molecule has 0 unspecified atom stereocenters. The SMILES string of the molecule is c1ccc(-c2cc(-c3ccccc3)cc(-c3ccc(-c4cc5c6ccccc6oc5c5ccccc45)c4oc5ccccc5c34)c2)cc1. The van der Waals surface area contributed by atoms with Gasteiger partial charge in [-0.3, -0.25) is 0 Å². The van der Waals surface area contributed by atoms with Gasteiger partial charge >= 0.3 is 0 Å². The topological polar surface area (TPSA) is 26.3 Å². The molecule has 0 spiro atoms. The molecule has 0 aliphatic carbocycles. The van der Waals surface area contributed by atoms with Crippen molar-refractivity contribution in [2.24, 2.45) is 0 Å². The number of benzene rings is 8. The van der Waals surface area contributed by atoms with Crippen LogP contribution in [0.15, 0.2) is 179 Å². The molecule has 2 heterocycles. The standard InChI is InChI=1S/C46H28O2/c1-3-13-29(14-4-1)31-25-32(30-15-5-2-6-16-30)27-33(26-31)34-23-24-38(46-44(34)39-20-10-12-22-43(39)48-46)40-28-41-36-18-9-11-21-42(36)47-45(41)37-19-8-7-17-35(37)40/h1-28H. The van der Waals surface area contributed by atoms with Crippen LogP contribution in [0.1, 0.15) is 0 Å². The Morgan fingerprint density at radius 3 is 1.46 bits per heavy atom. The fourth-order valence-electron chi connectivity index (χ4n) is 7.43. The molecule has 0 aliphatic rings. The summed E-state index contributed by atoms with van der Waals surface area (Å²) < 4.78 is 13.3. The maximum absolute atomic E-state index is 6.84. The zero-order valence-electron chi connectivity index (χ0n) is 26.0. The largest absolute Gasteiger partial charge is 0.455 e. The van der Waals surface area contributed by atoms with E-state index in [2.05, 4.69) is 152 Å². The van der Waals surface area contributed by atoms with Crippen molar-refractivity contribution in [2.45, 2.75) is 0 Å². The van der Waals surface area contributed by atoms with E-state index in [1.165, 1.54) is 22.3 Å². The molecule has 2 aromatic heterocycles. The number of hydrogen-bond acceptors (Lipinski definition) is 2. The lowest BCUT2D eigenvalue weighted by molar-refractivity contribution is 0.670. The third-order valence-electron chi connectivity index (χ3n) is 9.66. The van der Waals surface area contributed by atoms with E-state index >= 15 is 0 Å². The van der Waals surface area contributed by atoms with E-state index < -0.39 is 0 Å². The maximum atomic E-state index is 6.84. The lowest BCUT2D eigenvalue weighted by Crippen LogP contribution is -1.89. The Hall–Kier alpha value is -6.38. The van der Waals surface area contributed by atoms with Crippen LogP contribution in [0, 0.1) is 0 Å². The van der Waals surface area contributed by atoms with E-state index in [1.807, 2.05) is 18.2 Å². The highest BCUT2D eigenvalue weighted by Crippen LogP contribution is 2.46. The van der Waals surface area contributed by atoms with Gasteiger partial charge in [-0.15, -0.1) is 0 Å². The number of para-hydroxylation sites is 2. The van der Waals surface area contributed by atoms with Crippen LogP contribution in [0.3, 0.4) is 0 Å². The van der Waals surface area contributed by atoms with Gasteiger partial charge in [0.1, 0.15) is 22.3 Å². The second kappa shape index (κ2) is 10.6. The highest BCUT2D eigenvalue weighted by molar-refractivity contribution is 6.23. The zero-order chi connectivity index (χ0) is 31.6. The van der Waals surface area contributed by atoms with Gasteiger partial charge in [0.2, 0.25) is 0 Å². The highest BCUT2D eigenvalue weighted by Gasteiger charge is 2.21. The summed E-state index contributed by atoms with van der Waals surface area (Å²) in [5.41, 5.74) is 12.8. The number of furan rings is 2. The average molecular weight is 613 g/mol. The predicted octanol–water partition coefficient (Wildman–Crippen LogP) is 13.3. The van der Waals surface area contributed by atoms with Gasteiger partial charge in [-0.1, -0.05) is 127 Å². The van der Waals surface area contributed by atoms with Crippen molar-refractivity contribution in [1.29, 1.82) is 0 Å². The van der Waals surface area contributed by atoms with E-state index in [4.69, 9.17) is 8.83 Å². The minimum Gasteiger partial charge on any atom is -0.455 e. The normalized spacial score (nSPS) is 11.8. The molecular weight excluding hydrogens is 585 g/mol. The summed E-state index contributed by atoms with van der Waals surface area (Å²) in [7, 11) is 0. The summed E-state index contributed by atoms with van der Waals surface area (Å²) in [5.74, 6) is 0. The van der Waals surface area contributed by atoms with Gasteiger partial charge < -0.3 is 8.83 Å². The van der Waals surface area contributed by atoms with Gasteiger partial charge in [0.25, 0.3) is 0 Å². The summed E-state index contributed by atoms with van der Waals surface area (Å²) in [5, 5.41) is 6.68. The quantitative estimate of drug-likeness (QED) is 0.198. The van der Waals surface area contributed by atoms with Crippen LogP contribution in [0.2, 0.25) is 0 Å². The van der Waals surface area contributed by atoms with Crippen LogP contribution in [-0.4, -0.2) is 0 Å². The summed E-state index contributed by atoms with van der Waals surface area (Å²) in [6.45, 7) is 0. The second-order valence-electron chi connectivity index (χ2n) is 12.4. The number of rotatable bonds is 4. The molecule has 0 atom stereocenters. The van der Waals surface area contributed by atoms with Crippen molar-refractivity contribution in [3.8, 4) is 44.5 Å². The Morgan fingerprint density at radius 2 is 0.771 bits per heavy atom. The van der Waals surface area contributed by atoms with E-state index in [-0.39, 0.29) is 0 Å². The third-order valence-corrected chi connectivity index (χ3v) is 9.66. The lowest BCUT2D eigenvalue weighted by Gasteiger charge is -2.14. The van der Waals surface area contributed by atoms with Gasteiger partial charge in [-0.25, -0.2) is 0 Å². The average Bonchev–Trinajstić information content (AvgIpc) is 3.74. The molecule has 0 saturated carbocycles. The van der Waals surface area contributed by atoms with E-state index in [0.29, 0.717) is 0 Å². The number of hydrogen-bond donors (Lipinski definition) is 0. The molecule has 0 aliphatic heterocycles. The molecule has 224 valence electrons. The van der Waals surface area contributed by atoms with Crippen LogP contribution in [0.25, 0.3) is 99.2 Å². The third kappa shape index (κ3) is 4.13. The minimum atomic E-state index is 0.878. The molecule has 0 amide bonds. The Balaban J connectivity index is 1.29. The molecular formula is C46H28O2. The first-order valence-electron chi connectivity index (χ1n) is 16.3. The summed E-state index contributed by atoms with van der Waals surface area (Å²) in [6.07, 6.45) is 0. The van der Waals surface area contributed by atoms with Gasteiger partial charge in [0.05, 0.1) is 0 Å². The first-order chi connectivity index (χ1) is 23.8. The summed E-state index contributed by atoms with van der Waals surface area (Å²) in [6, 6.07) is 60.2. The van der Waals surface area contributed by atoms with E-state index in [1.54, 1.807) is 0 Å². The van der Waals surface area contributed by atoms with Crippen molar-refractivity contribution >= 4 is 54.6 Å². The molecule has 0 radical (unpaired) electrons. The van der Waals surface area contributed by atoms with Gasteiger partial charge in [0.15, 0.2) is 0 Å². The van der Waals surface area contributed by atoms with Crippen molar-refractivity contribution in [1.82, 2.24) is 0 Å². The fourth-order valence-corrected chi connectivity index (χ4v) is 7.43. The molecule has 48 heavy (non-hydrogen) atoms. The fraction of sp³-hybridized carbons (Fsp3) is 0. The van der Waals surface area contributed by atoms with Crippen molar-refractivity contribution in [3.05, 3.63) is 170 Å². The molecule has 0 N–H and O–H groups in total. The first-order valence-corrected chi connectivity index (χ1v) is 16.3. The monoisotopic (exact) mass is 612 g/mol. The van der Waals surface area contributed by atoms with Gasteiger partial charge in [-0.05, 0) is 86.8 Å². The van der Waals surface area contributed by atoms with Crippen LogP contribution in [0.5, 0.6) is 0 Å². The Morgan fingerprint density at radius 1 is 0.271 bits per heavy atom. The first kappa shape index (κ1) is 26.8. The van der Waals surface area contributed by atoms with Crippen LogP contribution >= 0.6 is 0 Å². The Labute approximate surface area is 277 Å². The van der Waals surface area contributed by atoms with Gasteiger partial charge in [0, 0.05) is 32.5 Å². The smallest absolute Gasteiger partial charge is 0.143 e. The molecule has 0 fully saturated rings. The summed E-state index contributed by atoms with van der Waals surface area (Å²) in [4.78, 5) is 0. The van der Waals surface area contributed by atoms with Crippen LogP contribution in [-0.2, 0) is 0 Å².